The fraction of sp³-hybridized carbons (Fsp3) is 0.583. The molecule has 0 saturated carbocycles. The van der Waals surface area contributed by atoms with E-state index < -0.39 is 0 Å². The maximum absolute atomic E-state index is 5.71. The van der Waals surface area contributed by atoms with Gasteiger partial charge >= 0.3 is 0 Å². The van der Waals surface area contributed by atoms with E-state index in [1.165, 1.54) is 11.1 Å². The van der Waals surface area contributed by atoms with Gasteiger partial charge < -0.3 is 10.6 Å². The quantitative estimate of drug-likeness (QED) is 0.795. The number of rotatable bonds is 3. The minimum Gasteiger partial charge on any atom is -0.326 e. The van der Waals surface area contributed by atoms with Gasteiger partial charge in [0.25, 0.3) is 0 Å². The van der Waals surface area contributed by atoms with Gasteiger partial charge in [-0.15, -0.1) is 0 Å². The molecular formula is C12H20N4. The zero-order valence-corrected chi connectivity index (χ0v) is 9.89. The summed E-state index contributed by atoms with van der Waals surface area (Å²) in [6.45, 7) is 6.18. The molecule has 4 nitrogen and oxygen atoms in total. The van der Waals surface area contributed by atoms with Crippen molar-refractivity contribution in [2.75, 3.05) is 33.2 Å². The van der Waals surface area contributed by atoms with Gasteiger partial charge in [-0.05, 0) is 24.2 Å². The van der Waals surface area contributed by atoms with Crippen molar-refractivity contribution in [3.63, 3.8) is 0 Å². The van der Waals surface area contributed by atoms with E-state index in [2.05, 4.69) is 27.9 Å². The fourth-order valence-electron chi connectivity index (χ4n) is 2.04. The fourth-order valence-corrected chi connectivity index (χ4v) is 2.04. The van der Waals surface area contributed by atoms with Gasteiger partial charge in [0, 0.05) is 51.7 Å². The molecule has 1 aliphatic heterocycles. The van der Waals surface area contributed by atoms with Crippen LogP contribution in [0.25, 0.3) is 0 Å². The van der Waals surface area contributed by atoms with Crippen LogP contribution in [-0.4, -0.2) is 48.0 Å². The van der Waals surface area contributed by atoms with Crippen LogP contribution in [0.1, 0.15) is 11.1 Å². The summed E-state index contributed by atoms with van der Waals surface area (Å²) in [6.07, 6.45) is 3.73. The van der Waals surface area contributed by atoms with Crippen molar-refractivity contribution >= 4 is 0 Å². The molecule has 1 aliphatic rings. The number of hydrogen-bond donors (Lipinski definition) is 1. The zero-order chi connectivity index (χ0) is 11.4. The van der Waals surface area contributed by atoms with E-state index >= 15 is 0 Å². The highest BCUT2D eigenvalue weighted by molar-refractivity contribution is 5.22. The molecule has 2 rings (SSSR count). The maximum Gasteiger partial charge on any atom is 0.0316 e. The zero-order valence-electron chi connectivity index (χ0n) is 9.89. The normalized spacial score (nSPS) is 18.9. The monoisotopic (exact) mass is 220 g/mol. The van der Waals surface area contributed by atoms with Gasteiger partial charge in [0.1, 0.15) is 0 Å². The van der Waals surface area contributed by atoms with Crippen LogP contribution >= 0.6 is 0 Å². The molecule has 0 aromatic carbocycles. The van der Waals surface area contributed by atoms with Gasteiger partial charge in [-0.2, -0.15) is 0 Å². The SMILES string of the molecule is CN1CCN(Cc2ccncc2CN)CC1. The first kappa shape index (κ1) is 11.5. The predicted octanol–water partition coefficient (Wildman–Crippen LogP) is 0.288. The lowest BCUT2D eigenvalue weighted by molar-refractivity contribution is 0.148. The summed E-state index contributed by atoms with van der Waals surface area (Å²) in [4.78, 5) is 8.96. The summed E-state index contributed by atoms with van der Waals surface area (Å²) in [5, 5.41) is 0. The number of aromatic nitrogens is 1. The molecule has 4 heteroatoms. The van der Waals surface area contributed by atoms with E-state index in [0.717, 1.165) is 32.7 Å². The first-order valence-corrected chi connectivity index (χ1v) is 5.82. The summed E-state index contributed by atoms with van der Waals surface area (Å²) >= 11 is 0. The molecule has 1 aromatic heterocycles. The number of likely N-dealkylation sites (N-methyl/N-ethyl adjacent to an activating group) is 1. The second-order valence-electron chi connectivity index (χ2n) is 4.43. The third-order valence-electron chi connectivity index (χ3n) is 3.21. The van der Waals surface area contributed by atoms with Crippen molar-refractivity contribution in [1.29, 1.82) is 0 Å². The Kier molecular flexibility index (Phi) is 3.88. The molecule has 16 heavy (non-hydrogen) atoms. The van der Waals surface area contributed by atoms with E-state index in [9.17, 15) is 0 Å². The van der Waals surface area contributed by atoms with Crippen LogP contribution in [0.4, 0.5) is 0 Å². The Labute approximate surface area is 97.1 Å². The van der Waals surface area contributed by atoms with E-state index in [1.54, 1.807) is 0 Å². The standard InChI is InChI=1S/C12H20N4/c1-15-4-6-16(7-5-15)10-11-2-3-14-9-12(11)8-13/h2-3,9H,4-8,10,13H2,1H3. The molecule has 0 spiro atoms. The van der Waals surface area contributed by atoms with E-state index in [4.69, 9.17) is 5.73 Å². The summed E-state index contributed by atoms with van der Waals surface area (Å²) < 4.78 is 0. The lowest BCUT2D eigenvalue weighted by Crippen LogP contribution is -2.44. The van der Waals surface area contributed by atoms with E-state index in [0.29, 0.717) is 6.54 Å². The van der Waals surface area contributed by atoms with E-state index in [1.807, 2.05) is 12.4 Å². The molecule has 2 N–H and O–H groups in total. The predicted molar refractivity (Wildman–Crippen MR) is 64.9 cm³/mol. The van der Waals surface area contributed by atoms with Gasteiger partial charge in [-0.25, -0.2) is 0 Å². The van der Waals surface area contributed by atoms with Crippen LogP contribution < -0.4 is 5.73 Å². The Bertz CT molecular complexity index is 332. The van der Waals surface area contributed by atoms with Crippen molar-refractivity contribution in [3.05, 3.63) is 29.6 Å². The molecule has 0 atom stereocenters. The smallest absolute Gasteiger partial charge is 0.0316 e. The van der Waals surface area contributed by atoms with Crippen molar-refractivity contribution in [2.24, 2.45) is 5.73 Å². The summed E-state index contributed by atoms with van der Waals surface area (Å²) in [5.74, 6) is 0. The molecule has 0 aliphatic carbocycles. The van der Waals surface area contributed by atoms with Crippen molar-refractivity contribution in [3.8, 4) is 0 Å². The minimum absolute atomic E-state index is 0.580. The third kappa shape index (κ3) is 2.78. The first-order valence-electron chi connectivity index (χ1n) is 5.82. The summed E-state index contributed by atoms with van der Waals surface area (Å²) in [7, 11) is 2.18. The molecule has 1 saturated heterocycles. The Hall–Kier alpha value is -0.970. The van der Waals surface area contributed by atoms with Crippen molar-refractivity contribution in [2.45, 2.75) is 13.1 Å². The average molecular weight is 220 g/mol. The van der Waals surface area contributed by atoms with Crippen LogP contribution in [0.15, 0.2) is 18.5 Å². The number of nitrogens with two attached hydrogens (primary N) is 1. The van der Waals surface area contributed by atoms with Crippen LogP contribution in [0.3, 0.4) is 0 Å². The largest absolute Gasteiger partial charge is 0.326 e. The van der Waals surface area contributed by atoms with Gasteiger partial charge in [0.05, 0.1) is 0 Å². The molecule has 1 fully saturated rings. The number of pyridine rings is 1. The Morgan fingerprint density at radius 3 is 2.69 bits per heavy atom. The van der Waals surface area contributed by atoms with Crippen molar-refractivity contribution in [1.82, 2.24) is 14.8 Å². The second-order valence-corrected chi connectivity index (χ2v) is 4.43. The highest BCUT2D eigenvalue weighted by atomic mass is 15.2. The number of nitrogens with zero attached hydrogens (tertiary/aromatic N) is 3. The summed E-state index contributed by atoms with van der Waals surface area (Å²) in [5.41, 5.74) is 8.20. The van der Waals surface area contributed by atoms with Gasteiger partial charge in [-0.1, -0.05) is 0 Å². The van der Waals surface area contributed by atoms with Gasteiger partial charge in [0.15, 0.2) is 0 Å². The van der Waals surface area contributed by atoms with E-state index in [-0.39, 0.29) is 0 Å². The molecule has 0 radical (unpaired) electrons. The number of piperazine rings is 1. The molecular weight excluding hydrogens is 200 g/mol. The Morgan fingerprint density at radius 1 is 1.25 bits per heavy atom. The summed E-state index contributed by atoms with van der Waals surface area (Å²) in [6, 6.07) is 2.08. The van der Waals surface area contributed by atoms with Gasteiger partial charge in [0.2, 0.25) is 0 Å². The lowest BCUT2D eigenvalue weighted by atomic mass is 10.1. The molecule has 88 valence electrons. The average Bonchev–Trinajstić information content (AvgIpc) is 2.33. The lowest BCUT2D eigenvalue weighted by Gasteiger charge is -2.32. The third-order valence-corrected chi connectivity index (χ3v) is 3.21. The minimum atomic E-state index is 0.580. The Morgan fingerprint density at radius 2 is 2.00 bits per heavy atom. The molecule has 2 heterocycles. The Balaban J connectivity index is 1.98. The molecule has 0 unspecified atom stereocenters. The van der Waals surface area contributed by atoms with Gasteiger partial charge in [-0.3, -0.25) is 9.88 Å². The van der Waals surface area contributed by atoms with Crippen LogP contribution in [0.5, 0.6) is 0 Å². The number of hydrogen-bond acceptors (Lipinski definition) is 4. The second kappa shape index (κ2) is 5.39. The maximum atomic E-state index is 5.71. The highest BCUT2D eigenvalue weighted by Crippen LogP contribution is 2.11. The molecule has 1 aromatic rings. The van der Waals surface area contributed by atoms with Crippen LogP contribution in [0, 0.1) is 0 Å². The highest BCUT2D eigenvalue weighted by Gasteiger charge is 2.14. The molecule has 0 bridgehead atoms. The van der Waals surface area contributed by atoms with Crippen LogP contribution in [-0.2, 0) is 13.1 Å². The first-order chi connectivity index (χ1) is 7.79. The van der Waals surface area contributed by atoms with Crippen molar-refractivity contribution < 1.29 is 0 Å². The topological polar surface area (TPSA) is 45.4 Å². The van der Waals surface area contributed by atoms with Crippen LogP contribution in [0.2, 0.25) is 0 Å². The molecule has 0 amide bonds.